The third-order valence-electron chi connectivity index (χ3n) is 2.01. The van der Waals surface area contributed by atoms with Crippen molar-refractivity contribution in [1.82, 2.24) is 0 Å². The fourth-order valence-electron chi connectivity index (χ4n) is 1.28. The summed E-state index contributed by atoms with van der Waals surface area (Å²) in [6, 6.07) is 3.71. The molecular formula is C10H14BrNO2. The van der Waals surface area contributed by atoms with Crippen LogP contribution in [0.2, 0.25) is 0 Å². The van der Waals surface area contributed by atoms with Crippen LogP contribution in [0.5, 0.6) is 11.5 Å². The molecule has 0 aliphatic heterocycles. The number of ether oxygens (including phenoxy) is 2. The van der Waals surface area contributed by atoms with E-state index < -0.39 is 0 Å². The quantitative estimate of drug-likeness (QED) is 0.908. The van der Waals surface area contributed by atoms with Crippen LogP contribution in [0.4, 0.5) is 0 Å². The molecule has 0 bridgehead atoms. The molecular weight excluding hydrogens is 246 g/mol. The molecule has 1 aromatic rings. The van der Waals surface area contributed by atoms with Crippen molar-refractivity contribution < 1.29 is 9.47 Å². The Morgan fingerprint density at radius 2 is 1.93 bits per heavy atom. The summed E-state index contributed by atoms with van der Waals surface area (Å²) in [5, 5.41) is 0. The van der Waals surface area contributed by atoms with Crippen molar-refractivity contribution >= 4 is 15.9 Å². The second-order valence-electron chi connectivity index (χ2n) is 2.99. The zero-order valence-corrected chi connectivity index (χ0v) is 10.1. The molecule has 0 spiro atoms. The van der Waals surface area contributed by atoms with Gasteiger partial charge in [0, 0.05) is 11.6 Å². The molecule has 1 aromatic carbocycles. The molecule has 0 saturated carbocycles. The molecule has 0 unspecified atom stereocenters. The van der Waals surface area contributed by atoms with Gasteiger partial charge in [-0.3, -0.25) is 0 Å². The van der Waals surface area contributed by atoms with Crippen molar-refractivity contribution in [2.24, 2.45) is 5.73 Å². The van der Waals surface area contributed by atoms with Gasteiger partial charge in [0.25, 0.3) is 0 Å². The van der Waals surface area contributed by atoms with Gasteiger partial charge in [0.05, 0.1) is 14.2 Å². The normalized spacial score (nSPS) is 12.4. The molecule has 0 radical (unpaired) electrons. The molecule has 14 heavy (non-hydrogen) atoms. The van der Waals surface area contributed by atoms with Crippen molar-refractivity contribution in [2.45, 2.75) is 13.0 Å². The zero-order chi connectivity index (χ0) is 10.7. The average molecular weight is 260 g/mol. The van der Waals surface area contributed by atoms with Gasteiger partial charge in [0.2, 0.25) is 0 Å². The SMILES string of the molecule is COc1ccc([C@@H](C)N)c(OC)c1Br. The predicted molar refractivity (Wildman–Crippen MR) is 59.8 cm³/mol. The maximum atomic E-state index is 5.81. The summed E-state index contributed by atoms with van der Waals surface area (Å²) in [5.41, 5.74) is 6.77. The van der Waals surface area contributed by atoms with E-state index >= 15 is 0 Å². The minimum atomic E-state index is -0.0628. The average Bonchev–Trinajstić information content (AvgIpc) is 2.17. The minimum absolute atomic E-state index is 0.0628. The van der Waals surface area contributed by atoms with Gasteiger partial charge in [-0.2, -0.15) is 0 Å². The molecule has 3 nitrogen and oxygen atoms in total. The molecule has 0 heterocycles. The van der Waals surface area contributed by atoms with Crippen LogP contribution in [-0.2, 0) is 0 Å². The van der Waals surface area contributed by atoms with Crippen LogP contribution in [0.3, 0.4) is 0 Å². The van der Waals surface area contributed by atoms with Crippen molar-refractivity contribution in [3.63, 3.8) is 0 Å². The molecule has 78 valence electrons. The number of hydrogen-bond acceptors (Lipinski definition) is 3. The first-order valence-corrected chi connectivity index (χ1v) is 5.07. The van der Waals surface area contributed by atoms with Gasteiger partial charge >= 0.3 is 0 Å². The van der Waals surface area contributed by atoms with Crippen molar-refractivity contribution in [3.05, 3.63) is 22.2 Å². The van der Waals surface area contributed by atoms with E-state index in [9.17, 15) is 0 Å². The highest BCUT2D eigenvalue weighted by molar-refractivity contribution is 9.10. The number of halogens is 1. The van der Waals surface area contributed by atoms with Crippen LogP contribution >= 0.6 is 15.9 Å². The standard InChI is InChI=1S/C10H14BrNO2/c1-6(12)7-4-5-8(13-2)9(11)10(7)14-3/h4-6H,12H2,1-3H3/t6-/m1/s1. The lowest BCUT2D eigenvalue weighted by Crippen LogP contribution is -2.07. The van der Waals surface area contributed by atoms with Gasteiger partial charge in [0.15, 0.2) is 0 Å². The van der Waals surface area contributed by atoms with E-state index in [0.29, 0.717) is 0 Å². The largest absolute Gasteiger partial charge is 0.495 e. The molecule has 0 aliphatic carbocycles. The Bertz CT molecular complexity index is 326. The van der Waals surface area contributed by atoms with Gasteiger partial charge < -0.3 is 15.2 Å². The molecule has 0 amide bonds. The number of rotatable bonds is 3. The van der Waals surface area contributed by atoms with Crippen LogP contribution < -0.4 is 15.2 Å². The molecule has 2 N–H and O–H groups in total. The molecule has 1 atom stereocenters. The topological polar surface area (TPSA) is 44.5 Å². The monoisotopic (exact) mass is 259 g/mol. The fraction of sp³-hybridized carbons (Fsp3) is 0.400. The maximum Gasteiger partial charge on any atom is 0.141 e. The summed E-state index contributed by atoms with van der Waals surface area (Å²) in [6.07, 6.45) is 0. The summed E-state index contributed by atoms with van der Waals surface area (Å²) in [4.78, 5) is 0. The zero-order valence-electron chi connectivity index (χ0n) is 8.50. The van der Waals surface area contributed by atoms with Gasteiger partial charge in [-0.05, 0) is 28.9 Å². The second kappa shape index (κ2) is 4.66. The summed E-state index contributed by atoms with van der Waals surface area (Å²) >= 11 is 3.42. The number of methoxy groups -OCH3 is 2. The van der Waals surface area contributed by atoms with Crippen LogP contribution in [-0.4, -0.2) is 14.2 Å². The third-order valence-corrected chi connectivity index (χ3v) is 2.76. The van der Waals surface area contributed by atoms with Crippen LogP contribution in [0.15, 0.2) is 16.6 Å². The summed E-state index contributed by atoms with van der Waals surface area (Å²) in [6.45, 7) is 1.91. The van der Waals surface area contributed by atoms with E-state index in [1.54, 1.807) is 14.2 Å². The first-order chi connectivity index (χ1) is 6.61. The highest BCUT2D eigenvalue weighted by Gasteiger charge is 2.14. The third kappa shape index (κ3) is 2.01. The van der Waals surface area contributed by atoms with E-state index in [1.807, 2.05) is 19.1 Å². The molecule has 0 saturated heterocycles. The Balaban J connectivity index is 3.28. The van der Waals surface area contributed by atoms with Crippen LogP contribution in [0.25, 0.3) is 0 Å². The summed E-state index contributed by atoms with van der Waals surface area (Å²) < 4.78 is 11.2. The highest BCUT2D eigenvalue weighted by Crippen LogP contribution is 2.38. The Labute approximate surface area is 92.3 Å². The van der Waals surface area contributed by atoms with E-state index in [1.165, 1.54) is 0 Å². The smallest absolute Gasteiger partial charge is 0.141 e. The Morgan fingerprint density at radius 3 is 2.36 bits per heavy atom. The maximum absolute atomic E-state index is 5.81. The van der Waals surface area contributed by atoms with Crippen LogP contribution in [0, 0.1) is 0 Å². The second-order valence-corrected chi connectivity index (χ2v) is 3.79. The van der Waals surface area contributed by atoms with E-state index in [2.05, 4.69) is 15.9 Å². The number of nitrogens with two attached hydrogens (primary N) is 1. The van der Waals surface area contributed by atoms with Gasteiger partial charge in [-0.15, -0.1) is 0 Å². The van der Waals surface area contributed by atoms with Crippen molar-refractivity contribution in [2.75, 3.05) is 14.2 Å². The van der Waals surface area contributed by atoms with E-state index in [-0.39, 0.29) is 6.04 Å². The lowest BCUT2D eigenvalue weighted by molar-refractivity contribution is 0.384. The molecule has 4 heteroatoms. The van der Waals surface area contributed by atoms with E-state index in [4.69, 9.17) is 15.2 Å². The minimum Gasteiger partial charge on any atom is -0.495 e. The van der Waals surface area contributed by atoms with E-state index in [0.717, 1.165) is 21.5 Å². The molecule has 0 aromatic heterocycles. The van der Waals surface area contributed by atoms with Crippen molar-refractivity contribution in [1.29, 1.82) is 0 Å². The Kier molecular flexibility index (Phi) is 3.77. The predicted octanol–water partition coefficient (Wildman–Crippen LogP) is 2.49. The Morgan fingerprint density at radius 1 is 1.29 bits per heavy atom. The van der Waals surface area contributed by atoms with Crippen molar-refractivity contribution in [3.8, 4) is 11.5 Å². The lowest BCUT2D eigenvalue weighted by Gasteiger charge is -2.15. The van der Waals surface area contributed by atoms with Crippen LogP contribution in [0.1, 0.15) is 18.5 Å². The lowest BCUT2D eigenvalue weighted by atomic mass is 10.1. The fourth-order valence-corrected chi connectivity index (χ4v) is 1.96. The summed E-state index contributed by atoms with van der Waals surface area (Å²) in [5.74, 6) is 1.48. The van der Waals surface area contributed by atoms with Gasteiger partial charge in [-0.1, -0.05) is 6.07 Å². The first-order valence-electron chi connectivity index (χ1n) is 4.27. The molecule has 0 fully saturated rings. The Hall–Kier alpha value is -0.740. The van der Waals surface area contributed by atoms with Gasteiger partial charge in [-0.25, -0.2) is 0 Å². The number of hydrogen-bond donors (Lipinski definition) is 1. The number of benzene rings is 1. The molecule has 0 aliphatic rings. The molecule has 1 rings (SSSR count). The first kappa shape index (κ1) is 11.3. The highest BCUT2D eigenvalue weighted by atomic mass is 79.9. The van der Waals surface area contributed by atoms with Gasteiger partial charge in [0.1, 0.15) is 16.0 Å². The summed E-state index contributed by atoms with van der Waals surface area (Å²) in [7, 11) is 3.23.